The van der Waals surface area contributed by atoms with Gasteiger partial charge in [-0.2, -0.15) is 0 Å². The van der Waals surface area contributed by atoms with Gasteiger partial charge in [0.05, 0.1) is 18.8 Å². The average molecular weight is 198 g/mol. The lowest BCUT2D eigenvalue weighted by atomic mass is 10.1. The predicted molar refractivity (Wildman–Crippen MR) is 52.6 cm³/mol. The number of ether oxygens (including phenoxy) is 1. The second-order valence-electron chi connectivity index (χ2n) is 4.96. The third-order valence-electron chi connectivity index (χ3n) is 3.21. The maximum absolute atomic E-state index is 11.4. The number of rotatable bonds is 3. The summed E-state index contributed by atoms with van der Waals surface area (Å²) in [6.07, 6.45) is 0. The van der Waals surface area contributed by atoms with Gasteiger partial charge in [-0.05, 0) is 31.6 Å². The van der Waals surface area contributed by atoms with E-state index in [1.165, 1.54) is 0 Å². The fourth-order valence-electron chi connectivity index (χ4n) is 2.10. The van der Waals surface area contributed by atoms with Gasteiger partial charge in [-0.1, -0.05) is 0 Å². The Balaban J connectivity index is 1.72. The third kappa shape index (κ3) is 1.77. The van der Waals surface area contributed by atoms with Crippen LogP contribution >= 0.6 is 0 Å². The molecular formula is C10H18N2O2. The first kappa shape index (κ1) is 9.93. The number of nitrogens with two attached hydrogens (primary N) is 1. The van der Waals surface area contributed by atoms with Crippen molar-refractivity contribution in [3.63, 3.8) is 0 Å². The zero-order valence-corrected chi connectivity index (χ0v) is 8.75. The van der Waals surface area contributed by atoms with Crippen LogP contribution in [0.3, 0.4) is 0 Å². The molecule has 1 aliphatic carbocycles. The first-order valence-corrected chi connectivity index (χ1v) is 5.15. The molecule has 2 fully saturated rings. The van der Waals surface area contributed by atoms with Crippen LogP contribution in [-0.2, 0) is 9.53 Å². The van der Waals surface area contributed by atoms with E-state index in [0.29, 0.717) is 17.8 Å². The standard InChI is InChI=1S/C10H18N2O2/c1-10(2,11)9(13)12-3-6-7-4-14-5-8(6)7/h6-8H,3-5,11H2,1-2H3,(H,12,13). The summed E-state index contributed by atoms with van der Waals surface area (Å²) in [5.74, 6) is 1.95. The maximum Gasteiger partial charge on any atom is 0.239 e. The fraction of sp³-hybridized carbons (Fsp3) is 0.900. The molecular weight excluding hydrogens is 180 g/mol. The molecule has 80 valence electrons. The van der Waals surface area contributed by atoms with Crippen molar-refractivity contribution in [2.45, 2.75) is 19.4 Å². The summed E-state index contributed by atoms with van der Waals surface area (Å²) in [6, 6.07) is 0. The van der Waals surface area contributed by atoms with Crippen molar-refractivity contribution in [1.29, 1.82) is 0 Å². The minimum atomic E-state index is -0.763. The van der Waals surface area contributed by atoms with Crippen LogP contribution < -0.4 is 11.1 Å². The van der Waals surface area contributed by atoms with Crippen LogP contribution in [0.25, 0.3) is 0 Å². The fourth-order valence-corrected chi connectivity index (χ4v) is 2.10. The molecule has 1 saturated carbocycles. The van der Waals surface area contributed by atoms with E-state index in [1.807, 2.05) is 0 Å². The lowest BCUT2D eigenvalue weighted by Gasteiger charge is -2.18. The molecule has 3 N–H and O–H groups in total. The first-order valence-electron chi connectivity index (χ1n) is 5.15. The van der Waals surface area contributed by atoms with Gasteiger partial charge < -0.3 is 15.8 Å². The molecule has 1 aliphatic heterocycles. The van der Waals surface area contributed by atoms with Gasteiger partial charge in [-0.25, -0.2) is 0 Å². The monoisotopic (exact) mass is 198 g/mol. The van der Waals surface area contributed by atoms with Gasteiger partial charge in [0.15, 0.2) is 0 Å². The Kier molecular flexibility index (Phi) is 2.27. The van der Waals surface area contributed by atoms with Gasteiger partial charge in [0.25, 0.3) is 0 Å². The molecule has 1 heterocycles. The molecule has 2 aliphatic rings. The summed E-state index contributed by atoms with van der Waals surface area (Å²) < 4.78 is 5.27. The highest BCUT2D eigenvalue weighted by molar-refractivity contribution is 5.85. The maximum atomic E-state index is 11.4. The second kappa shape index (κ2) is 3.21. The highest BCUT2D eigenvalue weighted by Gasteiger charge is 2.53. The number of hydrogen-bond acceptors (Lipinski definition) is 3. The summed E-state index contributed by atoms with van der Waals surface area (Å²) in [5, 5.41) is 2.89. The molecule has 14 heavy (non-hydrogen) atoms. The largest absolute Gasteiger partial charge is 0.381 e. The average Bonchev–Trinajstić information content (AvgIpc) is 2.56. The summed E-state index contributed by atoms with van der Waals surface area (Å²) >= 11 is 0. The smallest absolute Gasteiger partial charge is 0.239 e. The molecule has 0 spiro atoms. The van der Waals surface area contributed by atoms with Crippen LogP contribution in [0.4, 0.5) is 0 Å². The normalized spacial score (nSPS) is 35.2. The van der Waals surface area contributed by atoms with E-state index in [4.69, 9.17) is 10.5 Å². The summed E-state index contributed by atoms with van der Waals surface area (Å²) in [4.78, 5) is 11.4. The molecule has 0 radical (unpaired) electrons. The van der Waals surface area contributed by atoms with Crippen LogP contribution in [0.2, 0.25) is 0 Å². The Hall–Kier alpha value is -0.610. The first-order chi connectivity index (χ1) is 6.50. The van der Waals surface area contributed by atoms with Crippen LogP contribution in [-0.4, -0.2) is 31.2 Å². The summed E-state index contributed by atoms with van der Waals surface area (Å²) in [6.45, 7) is 5.95. The van der Waals surface area contributed by atoms with Crippen molar-refractivity contribution < 1.29 is 9.53 Å². The van der Waals surface area contributed by atoms with E-state index in [1.54, 1.807) is 13.8 Å². The lowest BCUT2D eigenvalue weighted by Crippen LogP contribution is -2.49. The SMILES string of the molecule is CC(C)(N)C(=O)NCC1C2COCC12. The van der Waals surface area contributed by atoms with E-state index < -0.39 is 5.54 Å². The van der Waals surface area contributed by atoms with Gasteiger partial charge in [0, 0.05) is 6.54 Å². The molecule has 0 aromatic carbocycles. The van der Waals surface area contributed by atoms with Crippen LogP contribution in [0, 0.1) is 17.8 Å². The van der Waals surface area contributed by atoms with Crippen molar-refractivity contribution in [3.8, 4) is 0 Å². The molecule has 2 atom stereocenters. The Bertz CT molecular complexity index is 237. The Morgan fingerprint density at radius 3 is 2.57 bits per heavy atom. The van der Waals surface area contributed by atoms with Gasteiger partial charge in [0.2, 0.25) is 5.91 Å². The van der Waals surface area contributed by atoms with Crippen LogP contribution in [0.1, 0.15) is 13.8 Å². The number of fused-ring (bicyclic) bond motifs is 1. The summed E-state index contributed by atoms with van der Waals surface area (Å²) in [5.41, 5.74) is 4.90. The van der Waals surface area contributed by atoms with E-state index in [9.17, 15) is 4.79 Å². The quantitative estimate of drug-likeness (QED) is 0.656. The van der Waals surface area contributed by atoms with Crippen molar-refractivity contribution in [3.05, 3.63) is 0 Å². The number of carbonyl (C=O) groups is 1. The molecule has 0 aromatic rings. The van der Waals surface area contributed by atoms with Gasteiger partial charge in [0.1, 0.15) is 0 Å². The van der Waals surface area contributed by atoms with E-state index in [0.717, 1.165) is 19.8 Å². The lowest BCUT2D eigenvalue weighted by molar-refractivity contribution is -0.125. The topological polar surface area (TPSA) is 64.4 Å². The van der Waals surface area contributed by atoms with E-state index >= 15 is 0 Å². The molecule has 1 saturated heterocycles. The summed E-state index contributed by atoms with van der Waals surface area (Å²) in [7, 11) is 0. The number of hydrogen-bond donors (Lipinski definition) is 2. The highest BCUT2D eigenvalue weighted by atomic mass is 16.5. The van der Waals surface area contributed by atoms with Gasteiger partial charge in [-0.3, -0.25) is 4.79 Å². The van der Waals surface area contributed by atoms with Crippen molar-refractivity contribution in [2.75, 3.05) is 19.8 Å². The number of carbonyl (C=O) groups excluding carboxylic acids is 1. The van der Waals surface area contributed by atoms with Crippen molar-refractivity contribution in [2.24, 2.45) is 23.5 Å². The minimum Gasteiger partial charge on any atom is -0.381 e. The van der Waals surface area contributed by atoms with E-state index in [-0.39, 0.29) is 5.91 Å². The zero-order chi connectivity index (χ0) is 10.3. The Labute approximate surface area is 84.2 Å². The zero-order valence-electron chi connectivity index (χ0n) is 8.75. The predicted octanol–water partition coefficient (Wildman–Crippen LogP) is -0.268. The highest BCUT2D eigenvalue weighted by Crippen LogP contribution is 2.50. The van der Waals surface area contributed by atoms with E-state index in [2.05, 4.69) is 5.32 Å². The molecule has 1 amide bonds. The van der Waals surface area contributed by atoms with Crippen molar-refractivity contribution >= 4 is 5.91 Å². The number of nitrogens with one attached hydrogen (secondary N) is 1. The molecule has 0 aromatic heterocycles. The van der Waals surface area contributed by atoms with Crippen LogP contribution in [0.15, 0.2) is 0 Å². The van der Waals surface area contributed by atoms with Crippen LogP contribution in [0.5, 0.6) is 0 Å². The molecule has 0 bridgehead atoms. The molecule has 4 heteroatoms. The van der Waals surface area contributed by atoms with Gasteiger partial charge >= 0.3 is 0 Å². The van der Waals surface area contributed by atoms with Gasteiger partial charge in [-0.15, -0.1) is 0 Å². The number of amides is 1. The van der Waals surface area contributed by atoms with Crippen molar-refractivity contribution in [1.82, 2.24) is 5.32 Å². The minimum absolute atomic E-state index is 0.0663. The second-order valence-corrected chi connectivity index (χ2v) is 4.96. The Morgan fingerprint density at radius 2 is 2.07 bits per heavy atom. The molecule has 4 nitrogen and oxygen atoms in total. The Morgan fingerprint density at radius 1 is 1.50 bits per heavy atom. The molecule has 2 rings (SSSR count). The molecule has 2 unspecified atom stereocenters. The third-order valence-corrected chi connectivity index (χ3v) is 3.21.